The average molecular weight is 554 g/mol. The molecular weight excluding hydrogens is 529 g/mol. The number of hydrogen-bond acceptors (Lipinski definition) is 7. The van der Waals surface area contributed by atoms with Gasteiger partial charge in [0.1, 0.15) is 0 Å². The molecule has 1 atom stereocenters. The molecule has 4 aromatic rings. The number of aliphatic imine (C=N–C) groups is 1. The normalized spacial score (nSPS) is 19.2. The molecule has 1 aromatic carbocycles. The van der Waals surface area contributed by atoms with E-state index in [1.54, 1.807) is 24.3 Å². The molecule has 0 amide bonds. The van der Waals surface area contributed by atoms with Gasteiger partial charge in [0.05, 0.1) is 21.7 Å². The number of aryl methyl sites for hydroxylation is 1. The molecule has 0 saturated heterocycles. The Kier molecular flexibility index (Phi) is 6.89. The Morgan fingerprint density at radius 3 is 2.76 bits per heavy atom. The van der Waals surface area contributed by atoms with Crippen LogP contribution in [0, 0.1) is 12.7 Å². The van der Waals surface area contributed by atoms with Crippen LogP contribution in [0.25, 0.3) is 22.4 Å². The Hall–Kier alpha value is -3.47. The maximum atomic E-state index is 14.8. The highest BCUT2D eigenvalue weighted by Crippen LogP contribution is 2.34. The smallest absolute Gasteiger partial charge is 0.269 e. The zero-order chi connectivity index (χ0) is 27.1. The zero-order valence-electron chi connectivity index (χ0n) is 20.6. The monoisotopic (exact) mass is 553 g/mol. The number of halogens is 2. The maximum absolute atomic E-state index is 14.8. The minimum absolute atomic E-state index is 0.0647. The van der Waals surface area contributed by atoms with Gasteiger partial charge in [-0.15, -0.1) is 6.58 Å². The molecule has 1 aliphatic rings. The number of aromatic nitrogens is 4. The number of benzene rings is 1. The number of nitrogens with zero attached hydrogens (tertiary/aromatic N) is 5. The molecule has 1 fully saturated rings. The van der Waals surface area contributed by atoms with Gasteiger partial charge in [-0.05, 0) is 50.8 Å². The van der Waals surface area contributed by atoms with Gasteiger partial charge in [0, 0.05) is 35.5 Å². The van der Waals surface area contributed by atoms with Gasteiger partial charge in [-0.25, -0.2) is 36.7 Å². The highest BCUT2D eigenvalue weighted by atomic mass is 35.5. The molecule has 0 unspecified atom stereocenters. The van der Waals surface area contributed by atoms with Gasteiger partial charge >= 0.3 is 0 Å². The van der Waals surface area contributed by atoms with E-state index in [2.05, 4.69) is 26.5 Å². The fraction of sp³-hybridized carbons (Fsp3) is 0.259. The van der Waals surface area contributed by atoms with Gasteiger partial charge in [-0.2, -0.15) is 0 Å². The zero-order valence-corrected chi connectivity index (χ0v) is 22.2. The van der Waals surface area contributed by atoms with E-state index < -0.39 is 21.4 Å². The number of hydrogen-bond donors (Lipinski definition) is 1. The molecule has 1 aliphatic carbocycles. The summed E-state index contributed by atoms with van der Waals surface area (Å²) in [5, 5.41) is 11.5. The van der Waals surface area contributed by atoms with E-state index in [9.17, 15) is 17.9 Å². The van der Waals surface area contributed by atoms with Crippen LogP contribution < -0.4 is 0 Å². The van der Waals surface area contributed by atoms with E-state index in [1.807, 2.05) is 6.92 Å². The number of aliphatic hydroxyl groups is 1. The van der Waals surface area contributed by atoms with Gasteiger partial charge in [0.15, 0.2) is 23.1 Å². The Labute approximate surface area is 224 Å². The third-order valence-corrected chi connectivity index (χ3v) is 8.42. The average Bonchev–Trinajstić information content (AvgIpc) is 3.25. The summed E-state index contributed by atoms with van der Waals surface area (Å²) in [6.45, 7) is 5.57. The molecule has 0 radical (unpaired) electrons. The lowest BCUT2D eigenvalue weighted by Crippen LogP contribution is -2.34. The van der Waals surface area contributed by atoms with Crippen molar-refractivity contribution in [1.82, 2.24) is 18.9 Å². The summed E-state index contributed by atoms with van der Waals surface area (Å²) >= 11 is 6.20. The van der Waals surface area contributed by atoms with E-state index in [4.69, 9.17) is 11.6 Å². The molecule has 11 heteroatoms. The molecule has 5 rings (SSSR count). The van der Waals surface area contributed by atoms with Gasteiger partial charge in [0.2, 0.25) is 0 Å². The van der Waals surface area contributed by atoms with Crippen molar-refractivity contribution in [2.24, 2.45) is 4.99 Å². The predicted octanol–water partition coefficient (Wildman–Crippen LogP) is 5.78. The third-order valence-electron chi connectivity index (χ3n) is 6.55. The summed E-state index contributed by atoms with van der Waals surface area (Å²) in [5.41, 5.74) is 1.01. The van der Waals surface area contributed by atoms with Crippen LogP contribution in [-0.4, -0.2) is 43.8 Å². The first-order chi connectivity index (χ1) is 18.1. The van der Waals surface area contributed by atoms with Crippen LogP contribution in [0.2, 0.25) is 5.02 Å². The van der Waals surface area contributed by atoms with Crippen molar-refractivity contribution in [2.45, 2.75) is 49.5 Å². The van der Waals surface area contributed by atoms with Gasteiger partial charge in [0.25, 0.3) is 10.0 Å². The highest BCUT2D eigenvalue weighted by molar-refractivity contribution is 7.90. The quantitative estimate of drug-likeness (QED) is 0.303. The summed E-state index contributed by atoms with van der Waals surface area (Å²) in [7, 11) is -4.02. The Morgan fingerprint density at radius 2 is 2.03 bits per heavy atom. The van der Waals surface area contributed by atoms with Crippen LogP contribution in [-0.2, 0) is 10.0 Å². The topological polar surface area (TPSA) is 110 Å². The predicted molar refractivity (Wildman–Crippen MR) is 145 cm³/mol. The molecule has 3 aromatic heterocycles. The first-order valence-corrected chi connectivity index (χ1v) is 13.8. The van der Waals surface area contributed by atoms with Crippen molar-refractivity contribution in [3.05, 3.63) is 78.0 Å². The second kappa shape index (κ2) is 10.0. The second-order valence-corrected chi connectivity index (χ2v) is 11.7. The van der Waals surface area contributed by atoms with E-state index in [0.29, 0.717) is 42.3 Å². The number of rotatable bonds is 6. The first-order valence-electron chi connectivity index (χ1n) is 12.0. The molecule has 1 saturated carbocycles. The van der Waals surface area contributed by atoms with Gasteiger partial charge in [-0.3, -0.25) is 0 Å². The molecule has 0 bridgehead atoms. The van der Waals surface area contributed by atoms with E-state index >= 15 is 0 Å². The largest absolute Gasteiger partial charge is 0.389 e. The Balaban J connectivity index is 1.62. The van der Waals surface area contributed by atoms with Crippen LogP contribution >= 0.6 is 11.6 Å². The van der Waals surface area contributed by atoms with Gasteiger partial charge < -0.3 is 5.11 Å². The summed E-state index contributed by atoms with van der Waals surface area (Å²) in [6.07, 6.45) is 7.98. The summed E-state index contributed by atoms with van der Waals surface area (Å²) < 4.78 is 42.9. The number of pyridine rings is 1. The van der Waals surface area contributed by atoms with E-state index in [-0.39, 0.29) is 33.6 Å². The third kappa shape index (κ3) is 4.99. The van der Waals surface area contributed by atoms with Crippen molar-refractivity contribution in [1.29, 1.82) is 0 Å². The van der Waals surface area contributed by atoms with E-state index in [0.717, 1.165) is 15.7 Å². The second-order valence-electron chi connectivity index (χ2n) is 9.47. The van der Waals surface area contributed by atoms with E-state index in [1.165, 1.54) is 24.5 Å². The van der Waals surface area contributed by atoms with Crippen molar-refractivity contribution in [3.63, 3.8) is 0 Å². The lowest BCUT2D eigenvalue weighted by molar-refractivity contribution is 0.0337. The van der Waals surface area contributed by atoms with Crippen LogP contribution in [0.15, 0.2) is 71.5 Å². The SMILES string of the molecule is C=CC[C@@]1(O)CCCC(=Nc2nc(-c3cn(S(=O)(=O)c4ccc(C)cc4)c4ncc(Cl)cc34)ncc2F)C1. The van der Waals surface area contributed by atoms with Gasteiger partial charge in [-0.1, -0.05) is 35.4 Å². The molecule has 8 nitrogen and oxygen atoms in total. The molecule has 0 aliphatic heterocycles. The summed E-state index contributed by atoms with van der Waals surface area (Å²) in [6, 6.07) is 8.02. The molecular formula is C27H25ClFN5O3S. The van der Waals surface area contributed by atoms with Crippen molar-refractivity contribution in [3.8, 4) is 11.4 Å². The molecule has 38 heavy (non-hydrogen) atoms. The Morgan fingerprint density at radius 1 is 1.26 bits per heavy atom. The van der Waals surface area contributed by atoms with Crippen LogP contribution in [0.3, 0.4) is 0 Å². The lowest BCUT2D eigenvalue weighted by atomic mass is 9.81. The first kappa shape index (κ1) is 26.1. The molecule has 196 valence electrons. The van der Waals surface area contributed by atoms with Crippen molar-refractivity contribution in [2.75, 3.05) is 0 Å². The molecule has 0 spiro atoms. The molecule has 1 N–H and O–H groups in total. The van der Waals surface area contributed by atoms with Crippen LogP contribution in [0.4, 0.5) is 10.2 Å². The highest BCUT2D eigenvalue weighted by Gasteiger charge is 2.31. The van der Waals surface area contributed by atoms with Crippen molar-refractivity contribution < 1.29 is 17.9 Å². The fourth-order valence-corrected chi connectivity index (χ4v) is 6.15. The van der Waals surface area contributed by atoms with Crippen molar-refractivity contribution >= 4 is 44.2 Å². The lowest BCUT2D eigenvalue weighted by Gasteiger charge is -2.31. The maximum Gasteiger partial charge on any atom is 0.269 e. The minimum atomic E-state index is -4.02. The Bertz CT molecular complexity index is 1690. The number of fused-ring (bicyclic) bond motifs is 1. The summed E-state index contributed by atoms with van der Waals surface area (Å²) in [5.74, 6) is -0.855. The fourth-order valence-electron chi connectivity index (χ4n) is 4.67. The minimum Gasteiger partial charge on any atom is -0.389 e. The van der Waals surface area contributed by atoms with Crippen LogP contribution in [0.1, 0.15) is 37.7 Å². The standard InChI is InChI=1S/C27H25ClFN5O3S/c1-3-10-27(35)11-4-5-19(13-27)32-25-23(29)15-30-24(33-25)22-16-34(26-21(22)12-18(28)14-31-26)38(36,37)20-8-6-17(2)7-9-20/h3,6-9,12,14-16,35H,1,4-5,10-11,13H2,2H3/t27-/m1/s1. The van der Waals surface area contributed by atoms with Crippen LogP contribution in [0.5, 0.6) is 0 Å². The molecule has 3 heterocycles. The summed E-state index contributed by atoms with van der Waals surface area (Å²) in [4.78, 5) is 17.2.